The van der Waals surface area contributed by atoms with E-state index < -0.39 is 5.91 Å². The average Bonchev–Trinajstić information content (AvgIpc) is 2.91. The van der Waals surface area contributed by atoms with Crippen LogP contribution in [0.25, 0.3) is 0 Å². The fourth-order valence-electron chi connectivity index (χ4n) is 3.17. The molecule has 0 spiro atoms. The molecular formula is C18H19BrN2O2S. The van der Waals surface area contributed by atoms with E-state index >= 15 is 0 Å². The van der Waals surface area contributed by atoms with Crippen LogP contribution in [0.4, 0.5) is 5.00 Å². The number of halogens is 1. The van der Waals surface area contributed by atoms with E-state index in [4.69, 9.17) is 5.73 Å². The molecular weight excluding hydrogens is 388 g/mol. The van der Waals surface area contributed by atoms with Gasteiger partial charge in [0.05, 0.1) is 11.1 Å². The van der Waals surface area contributed by atoms with Gasteiger partial charge in [0, 0.05) is 9.35 Å². The SMILES string of the molecule is CCC1CCc2c(sc(NC(=O)c3ccccc3Br)c2C(N)=O)C1. The summed E-state index contributed by atoms with van der Waals surface area (Å²) >= 11 is 4.87. The molecule has 1 unspecified atom stereocenters. The van der Waals surface area contributed by atoms with E-state index in [0.29, 0.717) is 22.0 Å². The van der Waals surface area contributed by atoms with Gasteiger partial charge in [0.15, 0.2) is 0 Å². The highest BCUT2D eigenvalue weighted by molar-refractivity contribution is 9.10. The number of rotatable bonds is 4. The van der Waals surface area contributed by atoms with Gasteiger partial charge in [0.1, 0.15) is 5.00 Å². The molecule has 1 aliphatic rings. The third-order valence-electron chi connectivity index (χ3n) is 4.54. The molecule has 126 valence electrons. The summed E-state index contributed by atoms with van der Waals surface area (Å²) in [4.78, 5) is 25.7. The molecule has 1 aromatic carbocycles. The minimum Gasteiger partial charge on any atom is -0.365 e. The Labute approximate surface area is 153 Å². The zero-order valence-corrected chi connectivity index (χ0v) is 15.8. The molecule has 1 atom stereocenters. The van der Waals surface area contributed by atoms with Crippen LogP contribution in [0.3, 0.4) is 0 Å². The molecule has 2 aromatic rings. The van der Waals surface area contributed by atoms with Crippen LogP contribution >= 0.6 is 27.3 Å². The number of anilines is 1. The first-order valence-electron chi connectivity index (χ1n) is 8.01. The van der Waals surface area contributed by atoms with Crippen molar-refractivity contribution in [2.24, 2.45) is 11.7 Å². The molecule has 3 N–H and O–H groups in total. The highest BCUT2D eigenvalue weighted by Crippen LogP contribution is 2.40. The highest BCUT2D eigenvalue weighted by atomic mass is 79.9. The summed E-state index contributed by atoms with van der Waals surface area (Å²) in [6, 6.07) is 7.21. The Balaban J connectivity index is 1.94. The van der Waals surface area contributed by atoms with Gasteiger partial charge in [-0.2, -0.15) is 0 Å². The number of hydrogen-bond acceptors (Lipinski definition) is 3. The van der Waals surface area contributed by atoms with E-state index in [1.807, 2.05) is 12.1 Å². The lowest BCUT2D eigenvalue weighted by Gasteiger charge is -2.20. The maximum Gasteiger partial charge on any atom is 0.257 e. The summed E-state index contributed by atoms with van der Waals surface area (Å²) in [7, 11) is 0. The van der Waals surface area contributed by atoms with Crippen molar-refractivity contribution in [3.63, 3.8) is 0 Å². The number of nitrogens with two attached hydrogens (primary N) is 1. The summed E-state index contributed by atoms with van der Waals surface area (Å²) in [6.45, 7) is 2.19. The molecule has 0 fully saturated rings. The van der Waals surface area contributed by atoms with Crippen LogP contribution in [0.1, 0.15) is 50.9 Å². The van der Waals surface area contributed by atoms with E-state index in [2.05, 4.69) is 28.2 Å². The Morgan fingerprint density at radius 2 is 2.12 bits per heavy atom. The molecule has 1 aliphatic carbocycles. The largest absolute Gasteiger partial charge is 0.365 e. The van der Waals surface area contributed by atoms with Gasteiger partial charge in [0.2, 0.25) is 0 Å². The molecule has 0 saturated carbocycles. The number of nitrogens with one attached hydrogen (secondary N) is 1. The van der Waals surface area contributed by atoms with Gasteiger partial charge in [-0.05, 0) is 58.8 Å². The number of benzene rings is 1. The normalized spacial score (nSPS) is 16.5. The smallest absolute Gasteiger partial charge is 0.257 e. The van der Waals surface area contributed by atoms with Gasteiger partial charge in [-0.15, -0.1) is 11.3 Å². The molecule has 0 aliphatic heterocycles. The number of amides is 2. The van der Waals surface area contributed by atoms with Crippen LogP contribution in [0, 0.1) is 5.92 Å². The van der Waals surface area contributed by atoms with Crippen LogP contribution in [0.2, 0.25) is 0 Å². The third-order valence-corrected chi connectivity index (χ3v) is 6.40. The van der Waals surface area contributed by atoms with Gasteiger partial charge < -0.3 is 11.1 Å². The second kappa shape index (κ2) is 7.07. The highest BCUT2D eigenvalue weighted by Gasteiger charge is 2.28. The Morgan fingerprint density at radius 3 is 2.79 bits per heavy atom. The topological polar surface area (TPSA) is 72.2 Å². The number of carbonyl (C=O) groups is 2. The summed E-state index contributed by atoms with van der Waals surface area (Å²) in [6.07, 6.45) is 4.01. The van der Waals surface area contributed by atoms with Crippen LogP contribution in [0.15, 0.2) is 28.7 Å². The van der Waals surface area contributed by atoms with Crippen molar-refractivity contribution >= 4 is 44.1 Å². The number of carbonyl (C=O) groups excluding carboxylic acids is 2. The fraction of sp³-hybridized carbons (Fsp3) is 0.333. The number of primary amides is 1. The molecule has 24 heavy (non-hydrogen) atoms. The van der Waals surface area contributed by atoms with Crippen molar-refractivity contribution in [3.05, 3.63) is 50.3 Å². The van der Waals surface area contributed by atoms with Gasteiger partial charge in [-0.3, -0.25) is 9.59 Å². The summed E-state index contributed by atoms with van der Waals surface area (Å²) < 4.78 is 0.718. The molecule has 3 rings (SSSR count). The zero-order valence-electron chi connectivity index (χ0n) is 13.4. The van der Waals surface area contributed by atoms with Crippen LogP contribution in [-0.4, -0.2) is 11.8 Å². The Morgan fingerprint density at radius 1 is 1.38 bits per heavy atom. The molecule has 0 radical (unpaired) electrons. The molecule has 2 amide bonds. The first-order valence-corrected chi connectivity index (χ1v) is 9.62. The predicted octanol–water partition coefficient (Wildman–Crippen LogP) is 4.38. The molecule has 6 heteroatoms. The third kappa shape index (κ3) is 3.26. The quantitative estimate of drug-likeness (QED) is 0.790. The van der Waals surface area contributed by atoms with Gasteiger partial charge in [0.25, 0.3) is 11.8 Å². The summed E-state index contributed by atoms with van der Waals surface area (Å²) in [5, 5.41) is 3.46. The van der Waals surface area contributed by atoms with Crippen molar-refractivity contribution in [3.8, 4) is 0 Å². The van der Waals surface area contributed by atoms with Crippen LogP contribution < -0.4 is 11.1 Å². The molecule has 1 heterocycles. The first-order chi connectivity index (χ1) is 11.5. The van der Waals surface area contributed by atoms with E-state index in [1.54, 1.807) is 12.1 Å². The molecule has 4 nitrogen and oxygen atoms in total. The van der Waals surface area contributed by atoms with Gasteiger partial charge in [-0.25, -0.2) is 0 Å². The molecule has 0 bridgehead atoms. The van der Waals surface area contributed by atoms with E-state index in [1.165, 1.54) is 16.2 Å². The Hall–Kier alpha value is -1.66. The van der Waals surface area contributed by atoms with Crippen molar-refractivity contribution in [1.82, 2.24) is 0 Å². The number of fused-ring (bicyclic) bond motifs is 1. The second-order valence-electron chi connectivity index (χ2n) is 6.02. The van der Waals surface area contributed by atoms with Crippen LogP contribution in [0.5, 0.6) is 0 Å². The number of hydrogen-bond donors (Lipinski definition) is 2. The maximum absolute atomic E-state index is 12.6. The van der Waals surface area contributed by atoms with E-state index in [0.717, 1.165) is 35.7 Å². The van der Waals surface area contributed by atoms with Crippen LogP contribution in [-0.2, 0) is 12.8 Å². The minimum absolute atomic E-state index is 0.240. The van der Waals surface area contributed by atoms with Crippen molar-refractivity contribution in [2.75, 3.05) is 5.32 Å². The zero-order chi connectivity index (χ0) is 17.3. The van der Waals surface area contributed by atoms with Crippen molar-refractivity contribution in [2.45, 2.75) is 32.6 Å². The van der Waals surface area contributed by atoms with Crippen molar-refractivity contribution < 1.29 is 9.59 Å². The lowest BCUT2D eigenvalue weighted by molar-refractivity contribution is 0.1000. The first kappa shape index (κ1) is 17.2. The second-order valence-corrected chi connectivity index (χ2v) is 7.98. The monoisotopic (exact) mass is 406 g/mol. The van der Waals surface area contributed by atoms with E-state index in [9.17, 15) is 9.59 Å². The maximum atomic E-state index is 12.6. The standard InChI is InChI=1S/C18H19BrN2O2S/c1-2-10-7-8-12-14(9-10)24-18(15(12)16(20)22)21-17(23)11-5-3-4-6-13(11)19/h3-6,10H,2,7-9H2,1H3,(H2,20,22)(H,21,23). The lowest BCUT2D eigenvalue weighted by atomic mass is 9.85. The number of thiophene rings is 1. The van der Waals surface area contributed by atoms with Crippen molar-refractivity contribution in [1.29, 1.82) is 0 Å². The molecule has 0 saturated heterocycles. The Bertz CT molecular complexity index is 800. The van der Waals surface area contributed by atoms with Gasteiger partial charge >= 0.3 is 0 Å². The fourth-order valence-corrected chi connectivity index (χ4v) is 4.99. The predicted molar refractivity (Wildman–Crippen MR) is 101 cm³/mol. The Kier molecular flexibility index (Phi) is 5.06. The lowest BCUT2D eigenvalue weighted by Crippen LogP contribution is -2.20. The molecule has 1 aromatic heterocycles. The summed E-state index contributed by atoms with van der Waals surface area (Å²) in [5.74, 6) is -0.0656. The summed E-state index contributed by atoms with van der Waals surface area (Å²) in [5.41, 5.74) is 7.65. The van der Waals surface area contributed by atoms with E-state index in [-0.39, 0.29) is 5.91 Å². The average molecular weight is 407 g/mol. The minimum atomic E-state index is -0.468. The van der Waals surface area contributed by atoms with Gasteiger partial charge in [-0.1, -0.05) is 25.5 Å².